The second-order valence-corrected chi connectivity index (χ2v) is 3.96. The molecule has 1 nitrogen and oxygen atoms in total. The zero-order valence-electron chi connectivity index (χ0n) is 8.81. The van der Waals surface area contributed by atoms with Crippen molar-refractivity contribution in [3.05, 3.63) is 59.2 Å². The zero-order chi connectivity index (χ0) is 10.7. The highest BCUT2D eigenvalue weighted by Crippen LogP contribution is 2.32. The van der Waals surface area contributed by atoms with Crippen LogP contribution in [0.3, 0.4) is 0 Å². The van der Waals surface area contributed by atoms with Crippen molar-refractivity contribution < 1.29 is 4.79 Å². The van der Waals surface area contributed by atoms with Gasteiger partial charge in [-0.2, -0.15) is 0 Å². The summed E-state index contributed by atoms with van der Waals surface area (Å²) in [6.07, 6.45) is 5.89. The molecule has 1 aromatic rings. The first-order valence-corrected chi connectivity index (χ1v) is 5.18. The first kappa shape index (κ1) is 9.91. The van der Waals surface area contributed by atoms with Crippen molar-refractivity contribution in [2.45, 2.75) is 19.3 Å². The quantitative estimate of drug-likeness (QED) is 0.667. The van der Waals surface area contributed by atoms with E-state index in [9.17, 15) is 4.79 Å². The molecule has 1 heteroatoms. The first-order valence-electron chi connectivity index (χ1n) is 5.18. The second kappa shape index (κ2) is 4.26. The number of hydrogen-bond donors (Lipinski definition) is 0. The van der Waals surface area contributed by atoms with Crippen molar-refractivity contribution in [1.82, 2.24) is 0 Å². The SMILES string of the molecule is CC1=CC=C(C=O)[C@H](c2ccccc2)C1. The van der Waals surface area contributed by atoms with Crippen LogP contribution in [0.25, 0.3) is 0 Å². The average Bonchev–Trinajstić information content (AvgIpc) is 2.30. The van der Waals surface area contributed by atoms with Gasteiger partial charge in [-0.1, -0.05) is 48.1 Å². The molecular formula is C14H14O. The molecule has 0 bridgehead atoms. The van der Waals surface area contributed by atoms with E-state index < -0.39 is 0 Å². The third-order valence-electron chi connectivity index (χ3n) is 2.83. The fraction of sp³-hybridized carbons (Fsp3) is 0.214. The summed E-state index contributed by atoms with van der Waals surface area (Å²) in [6.45, 7) is 2.11. The van der Waals surface area contributed by atoms with Gasteiger partial charge in [0.2, 0.25) is 0 Å². The molecular weight excluding hydrogens is 184 g/mol. The smallest absolute Gasteiger partial charge is 0.146 e. The Bertz CT molecular complexity index is 412. The lowest BCUT2D eigenvalue weighted by Crippen LogP contribution is -2.07. The Hall–Kier alpha value is -1.63. The highest BCUT2D eigenvalue weighted by atomic mass is 16.1. The molecule has 0 aliphatic heterocycles. The van der Waals surface area contributed by atoms with Crippen molar-refractivity contribution in [2.24, 2.45) is 0 Å². The van der Waals surface area contributed by atoms with Crippen LogP contribution in [0, 0.1) is 0 Å². The van der Waals surface area contributed by atoms with Gasteiger partial charge in [0.05, 0.1) is 0 Å². The zero-order valence-corrected chi connectivity index (χ0v) is 8.81. The summed E-state index contributed by atoms with van der Waals surface area (Å²) in [5, 5.41) is 0. The lowest BCUT2D eigenvalue weighted by atomic mass is 9.83. The van der Waals surface area contributed by atoms with Crippen molar-refractivity contribution >= 4 is 6.29 Å². The van der Waals surface area contributed by atoms with E-state index >= 15 is 0 Å². The van der Waals surface area contributed by atoms with Gasteiger partial charge in [0.1, 0.15) is 6.29 Å². The van der Waals surface area contributed by atoms with Gasteiger partial charge in [-0.3, -0.25) is 4.79 Å². The highest BCUT2D eigenvalue weighted by Gasteiger charge is 2.18. The van der Waals surface area contributed by atoms with E-state index in [1.54, 1.807) is 0 Å². The molecule has 0 aromatic heterocycles. The third kappa shape index (κ3) is 2.07. The summed E-state index contributed by atoms with van der Waals surface area (Å²) >= 11 is 0. The van der Waals surface area contributed by atoms with Gasteiger partial charge in [0.25, 0.3) is 0 Å². The Labute approximate surface area is 90.1 Å². The van der Waals surface area contributed by atoms with Crippen LogP contribution in [0.5, 0.6) is 0 Å². The Balaban J connectivity index is 2.35. The molecule has 1 atom stereocenters. The van der Waals surface area contributed by atoms with Crippen LogP contribution in [0.15, 0.2) is 53.6 Å². The molecule has 0 heterocycles. The summed E-state index contributed by atoms with van der Waals surface area (Å²) in [5.41, 5.74) is 3.43. The number of carbonyl (C=O) groups is 1. The second-order valence-electron chi connectivity index (χ2n) is 3.96. The van der Waals surface area contributed by atoms with Crippen molar-refractivity contribution in [3.8, 4) is 0 Å². The van der Waals surface area contributed by atoms with Crippen LogP contribution in [-0.4, -0.2) is 6.29 Å². The minimum Gasteiger partial charge on any atom is -0.298 e. The van der Waals surface area contributed by atoms with Crippen LogP contribution >= 0.6 is 0 Å². The maximum absolute atomic E-state index is 11.0. The Morgan fingerprint density at radius 1 is 1.20 bits per heavy atom. The summed E-state index contributed by atoms with van der Waals surface area (Å²) in [5.74, 6) is 0.244. The number of benzene rings is 1. The van der Waals surface area contributed by atoms with Crippen LogP contribution in [0.2, 0.25) is 0 Å². The summed E-state index contributed by atoms with van der Waals surface area (Å²) < 4.78 is 0. The molecule has 2 rings (SSSR count). The fourth-order valence-electron chi connectivity index (χ4n) is 1.98. The monoisotopic (exact) mass is 198 g/mol. The third-order valence-corrected chi connectivity index (χ3v) is 2.83. The minimum atomic E-state index is 0.244. The molecule has 0 spiro atoms. The molecule has 0 saturated carbocycles. The molecule has 0 saturated heterocycles. The number of hydrogen-bond acceptors (Lipinski definition) is 1. The van der Waals surface area contributed by atoms with Crippen LogP contribution < -0.4 is 0 Å². The average molecular weight is 198 g/mol. The number of rotatable bonds is 2. The van der Waals surface area contributed by atoms with Crippen molar-refractivity contribution in [2.75, 3.05) is 0 Å². The fourth-order valence-corrected chi connectivity index (χ4v) is 1.98. The number of allylic oxidation sites excluding steroid dienone is 4. The van der Waals surface area contributed by atoms with Crippen LogP contribution in [-0.2, 0) is 4.79 Å². The van der Waals surface area contributed by atoms with E-state index in [1.807, 2.05) is 30.4 Å². The Morgan fingerprint density at radius 2 is 1.93 bits per heavy atom. The number of aldehydes is 1. The van der Waals surface area contributed by atoms with Gasteiger partial charge in [-0.05, 0) is 24.5 Å². The summed E-state index contributed by atoms with van der Waals surface area (Å²) in [4.78, 5) is 11.0. The number of carbonyl (C=O) groups excluding carboxylic acids is 1. The maximum atomic E-state index is 11.0. The Kier molecular flexibility index (Phi) is 2.82. The molecule has 76 valence electrons. The normalized spacial score (nSPS) is 20.5. The molecule has 0 unspecified atom stereocenters. The lowest BCUT2D eigenvalue weighted by Gasteiger charge is -2.20. The highest BCUT2D eigenvalue weighted by molar-refractivity contribution is 5.77. The molecule has 15 heavy (non-hydrogen) atoms. The maximum Gasteiger partial charge on any atom is 0.146 e. The molecule has 1 aliphatic rings. The summed E-state index contributed by atoms with van der Waals surface area (Å²) in [7, 11) is 0. The molecule has 0 fully saturated rings. The largest absolute Gasteiger partial charge is 0.298 e. The molecule has 0 radical (unpaired) electrons. The minimum absolute atomic E-state index is 0.244. The topological polar surface area (TPSA) is 17.1 Å². The van der Waals surface area contributed by atoms with Gasteiger partial charge in [0, 0.05) is 5.92 Å². The lowest BCUT2D eigenvalue weighted by molar-refractivity contribution is -0.105. The standard InChI is InChI=1S/C14H14O/c1-11-7-8-13(10-15)14(9-11)12-5-3-2-4-6-12/h2-8,10,14H,9H2,1H3/t14-/m0/s1. The molecule has 1 aliphatic carbocycles. The van der Waals surface area contributed by atoms with Gasteiger partial charge < -0.3 is 0 Å². The van der Waals surface area contributed by atoms with E-state index in [1.165, 1.54) is 11.1 Å². The van der Waals surface area contributed by atoms with E-state index in [0.29, 0.717) is 0 Å². The predicted molar refractivity (Wildman–Crippen MR) is 61.7 cm³/mol. The van der Waals surface area contributed by atoms with Gasteiger partial charge in [-0.15, -0.1) is 0 Å². The molecule has 0 N–H and O–H groups in total. The summed E-state index contributed by atoms with van der Waals surface area (Å²) in [6, 6.07) is 10.2. The van der Waals surface area contributed by atoms with Gasteiger partial charge in [-0.25, -0.2) is 0 Å². The van der Waals surface area contributed by atoms with Crippen molar-refractivity contribution in [3.63, 3.8) is 0 Å². The van der Waals surface area contributed by atoms with Gasteiger partial charge >= 0.3 is 0 Å². The van der Waals surface area contributed by atoms with Crippen molar-refractivity contribution in [1.29, 1.82) is 0 Å². The van der Waals surface area contributed by atoms with Crippen LogP contribution in [0.1, 0.15) is 24.8 Å². The van der Waals surface area contributed by atoms with E-state index in [4.69, 9.17) is 0 Å². The van der Waals surface area contributed by atoms with E-state index in [-0.39, 0.29) is 5.92 Å². The molecule has 1 aromatic carbocycles. The van der Waals surface area contributed by atoms with Crippen LogP contribution in [0.4, 0.5) is 0 Å². The van der Waals surface area contributed by atoms with E-state index in [2.05, 4.69) is 19.1 Å². The van der Waals surface area contributed by atoms with E-state index in [0.717, 1.165) is 18.3 Å². The predicted octanol–water partition coefficient (Wildman–Crippen LogP) is 3.25. The van der Waals surface area contributed by atoms with Gasteiger partial charge in [0.15, 0.2) is 0 Å². The Morgan fingerprint density at radius 3 is 2.60 bits per heavy atom. The first-order chi connectivity index (χ1) is 7.31. The molecule has 0 amide bonds.